The molecule has 2 aliphatic rings. The van der Waals surface area contributed by atoms with Gasteiger partial charge in [-0.2, -0.15) is 8.42 Å². The summed E-state index contributed by atoms with van der Waals surface area (Å²) in [5.41, 5.74) is -1.93. The molecule has 15 nitrogen and oxygen atoms in total. The van der Waals surface area contributed by atoms with Crippen molar-refractivity contribution in [2.24, 2.45) is 0 Å². The van der Waals surface area contributed by atoms with Gasteiger partial charge < -0.3 is 28.1 Å². The number of nitrogens with zero attached hydrogens (tertiary/aromatic N) is 2. The molecule has 0 spiro atoms. The molecule has 2 saturated heterocycles. The summed E-state index contributed by atoms with van der Waals surface area (Å²) in [6.45, 7) is 25.2. The predicted octanol–water partition coefficient (Wildman–Crippen LogP) is 4.97. The number of carbonyl (C=O) groups is 4. The maximum absolute atomic E-state index is 14.2. The number of hydrogen-bond donors (Lipinski definition) is 0. The second-order valence-electron chi connectivity index (χ2n) is 17.0. The Morgan fingerprint density at radius 1 is 0.900 bits per heavy atom. The first-order valence-corrected chi connectivity index (χ1v) is 21.5. The quantitative estimate of drug-likeness (QED) is 0.120. The van der Waals surface area contributed by atoms with Crippen molar-refractivity contribution in [1.82, 2.24) is 9.80 Å². The zero-order chi connectivity index (χ0) is 39.0. The lowest BCUT2D eigenvalue weighted by atomic mass is 9.98. The highest BCUT2D eigenvalue weighted by molar-refractivity contribution is 7.86. The Balaban J connectivity index is 2.75. The van der Waals surface area contributed by atoms with Crippen molar-refractivity contribution < 1.29 is 59.9 Å². The third-order valence-corrected chi connectivity index (χ3v) is 13.6. The van der Waals surface area contributed by atoms with Gasteiger partial charge in [-0.15, -0.1) is 0 Å². The lowest BCUT2D eigenvalue weighted by Gasteiger charge is -2.40. The third kappa shape index (κ3) is 12.4. The van der Waals surface area contributed by atoms with Gasteiger partial charge in [0.05, 0.1) is 25.4 Å². The van der Waals surface area contributed by atoms with Crippen LogP contribution >= 0.6 is 0 Å². The van der Waals surface area contributed by atoms with E-state index in [-0.39, 0.29) is 24.6 Å². The Labute approximate surface area is 299 Å². The van der Waals surface area contributed by atoms with E-state index < -0.39 is 96.0 Å². The number of rotatable bonds is 11. The van der Waals surface area contributed by atoms with Crippen LogP contribution in [-0.2, 0) is 52.0 Å². The number of fused-ring (bicyclic) bond motifs is 1. The lowest BCUT2D eigenvalue weighted by molar-refractivity contribution is -0.179. The van der Waals surface area contributed by atoms with E-state index in [2.05, 4.69) is 0 Å². The fourth-order valence-corrected chi connectivity index (χ4v) is 7.20. The van der Waals surface area contributed by atoms with Gasteiger partial charge in [-0.05, 0) is 73.5 Å². The Hall–Kier alpha value is -2.31. The van der Waals surface area contributed by atoms with E-state index in [0.717, 1.165) is 11.2 Å². The molecule has 0 aromatic heterocycles. The van der Waals surface area contributed by atoms with E-state index in [1.165, 1.54) is 18.7 Å². The molecule has 3 amide bonds. The largest absolute Gasteiger partial charge is 0.460 e. The highest BCUT2D eigenvalue weighted by Gasteiger charge is 2.63. The van der Waals surface area contributed by atoms with Crippen LogP contribution in [0.3, 0.4) is 0 Å². The van der Waals surface area contributed by atoms with Crippen LogP contribution in [0.15, 0.2) is 0 Å². The molecule has 2 heterocycles. The van der Waals surface area contributed by atoms with Gasteiger partial charge in [0.15, 0.2) is 14.1 Å². The molecule has 50 heavy (non-hydrogen) atoms. The van der Waals surface area contributed by atoms with Crippen LogP contribution in [0, 0.1) is 0 Å². The van der Waals surface area contributed by atoms with Gasteiger partial charge in [-0.3, -0.25) is 18.7 Å². The van der Waals surface area contributed by atoms with Crippen LogP contribution in [-0.4, -0.2) is 123 Å². The van der Waals surface area contributed by atoms with Crippen molar-refractivity contribution in [3.8, 4) is 0 Å². The number of imide groups is 1. The fraction of sp³-hybridized carbons (Fsp3) is 0.879. The van der Waals surface area contributed by atoms with Gasteiger partial charge in [-0.25, -0.2) is 14.5 Å². The molecule has 0 bridgehead atoms. The maximum Gasteiger partial charge on any atom is 0.417 e. The van der Waals surface area contributed by atoms with Crippen LogP contribution in [0.4, 0.5) is 9.59 Å². The Morgan fingerprint density at radius 3 is 1.86 bits per heavy atom. The van der Waals surface area contributed by atoms with Crippen LogP contribution in [0.1, 0.15) is 96.4 Å². The van der Waals surface area contributed by atoms with Crippen molar-refractivity contribution in [1.29, 1.82) is 0 Å². The van der Waals surface area contributed by atoms with Gasteiger partial charge in [0.25, 0.3) is 10.1 Å². The second-order valence-corrected chi connectivity index (χ2v) is 23.4. The predicted molar refractivity (Wildman–Crippen MR) is 186 cm³/mol. The molecule has 0 radical (unpaired) electrons. The maximum atomic E-state index is 14.2. The summed E-state index contributed by atoms with van der Waals surface area (Å²) in [4.78, 5) is 55.2. The molecule has 2 rings (SSSR count). The minimum Gasteiger partial charge on any atom is -0.460 e. The second kappa shape index (κ2) is 15.3. The molecule has 0 unspecified atom stereocenters. The zero-order valence-corrected chi connectivity index (χ0v) is 34.5. The first-order chi connectivity index (χ1) is 22.2. The van der Waals surface area contributed by atoms with E-state index in [9.17, 15) is 27.6 Å². The number of esters is 1. The summed E-state index contributed by atoms with van der Waals surface area (Å²) in [5.74, 6) is -2.57. The van der Waals surface area contributed by atoms with Crippen molar-refractivity contribution in [3.05, 3.63) is 0 Å². The molecule has 0 aliphatic carbocycles. The van der Waals surface area contributed by atoms with E-state index in [4.69, 9.17) is 32.3 Å². The molecule has 0 saturated carbocycles. The monoisotopic (exact) mass is 752 g/mol. The molecule has 17 heteroatoms. The summed E-state index contributed by atoms with van der Waals surface area (Å²) in [6.07, 6.45) is -5.48. The van der Waals surface area contributed by atoms with Gasteiger partial charge in [-0.1, -0.05) is 20.8 Å². The topological polar surface area (TPSA) is 174 Å². The molecular weight excluding hydrogens is 693 g/mol. The molecule has 0 aromatic carbocycles. The third-order valence-electron chi connectivity index (χ3n) is 8.47. The van der Waals surface area contributed by atoms with Crippen LogP contribution in [0.5, 0.6) is 0 Å². The van der Waals surface area contributed by atoms with Gasteiger partial charge in [0.2, 0.25) is 5.91 Å². The number of amides is 3. The molecular formula is C33H60N2O13SSi. The Kier molecular flexibility index (Phi) is 13.5. The number of carbonyl (C=O) groups excluding carboxylic acids is 4. The average Bonchev–Trinajstić information content (AvgIpc) is 3.31. The minimum absolute atomic E-state index is 0.155. The van der Waals surface area contributed by atoms with E-state index in [0.29, 0.717) is 0 Å². The normalized spacial score (nSPS) is 23.9. The molecule has 290 valence electrons. The molecule has 0 aromatic rings. The Morgan fingerprint density at radius 2 is 1.42 bits per heavy atom. The standard InChI is InChI=1S/C33H60N2O13SSi/c1-20(36)34(28(38)46-30(3,4)5)18-23-26-27(45-33(12,13)44-26)25(35(23)29(39)47-31(6,7)8)24(43-21(2)37)17-22(48-49(14,40)41)19-42-50(15,16)32(9,10)11/h22-27H,17-19H2,1-16H3/t22-,23+,24-,25+,26+,27-/m1/s1. The van der Waals surface area contributed by atoms with E-state index in [1.807, 2.05) is 33.9 Å². The first kappa shape index (κ1) is 43.8. The van der Waals surface area contributed by atoms with E-state index >= 15 is 0 Å². The zero-order valence-electron chi connectivity index (χ0n) is 32.7. The molecule has 6 atom stereocenters. The molecule has 0 N–H and O–H groups in total. The van der Waals surface area contributed by atoms with Crippen molar-refractivity contribution >= 4 is 42.5 Å². The highest BCUT2D eigenvalue weighted by atomic mass is 32.2. The van der Waals surface area contributed by atoms with Crippen molar-refractivity contribution in [3.63, 3.8) is 0 Å². The molecule has 2 fully saturated rings. The van der Waals surface area contributed by atoms with Crippen molar-refractivity contribution in [2.75, 3.05) is 19.4 Å². The van der Waals surface area contributed by atoms with Crippen LogP contribution in [0.25, 0.3) is 0 Å². The summed E-state index contributed by atoms with van der Waals surface area (Å²) >= 11 is 0. The summed E-state index contributed by atoms with van der Waals surface area (Å²) < 4.78 is 66.7. The number of ether oxygens (including phenoxy) is 5. The summed E-state index contributed by atoms with van der Waals surface area (Å²) in [6, 6.07) is -2.23. The van der Waals surface area contributed by atoms with Gasteiger partial charge in [0, 0.05) is 20.3 Å². The van der Waals surface area contributed by atoms with Crippen LogP contribution < -0.4 is 0 Å². The fourth-order valence-electron chi connectivity index (χ4n) is 5.54. The smallest absolute Gasteiger partial charge is 0.417 e. The SMILES string of the molecule is CC(=O)O[C@H](C[C@H](CO[Si](C)(C)C(C)(C)C)OS(C)(=O)=O)[C@H]1[C@H]2OC(C)(C)O[C@H]2[C@H](CN(C(C)=O)C(=O)OC(C)(C)C)N1C(=O)OC(C)(C)C. The first-order valence-electron chi connectivity index (χ1n) is 16.8. The molecule has 2 aliphatic heterocycles. The average molecular weight is 753 g/mol. The van der Waals surface area contributed by atoms with Crippen LogP contribution in [0.2, 0.25) is 18.1 Å². The summed E-state index contributed by atoms with van der Waals surface area (Å²) in [5, 5.41) is -0.214. The van der Waals surface area contributed by atoms with Gasteiger partial charge >= 0.3 is 18.2 Å². The number of hydrogen-bond acceptors (Lipinski definition) is 13. The van der Waals surface area contributed by atoms with Crippen molar-refractivity contribution in [2.45, 2.75) is 168 Å². The van der Waals surface area contributed by atoms with E-state index in [1.54, 1.807) is 55.4 Å². The lowest BCUT2D eigenvalue weighted by Crippen LogP contribution is -2.57. The summed E-state index contributed by atoms with van der Waals surface area (Å²) in [7, 11) is -6.45. The highest BCUT2D eigenvalue weighted by Crippen LogP contribution is 2.44. The van der Waals surface area contributed by atoms with Gasteiger partial charge in [0.1, 0.15) is 41.7 Å². The Bertz CT molecular complexity index is 1360. The number of likely N-dealkylation sites (tertiary alicyclic amines) is 1. The minimum atomic E-state index is -4.04.